The predicted octanol–water partition coefficient (Wildman–Crippen LogP) is 4.33. The molecule has 24 heavy (non-hydrogen) atoms. The first-order valence-corrected chi connectivity index (χ1v) is 9.01. The number of hydrogen-bond donors (Lipinski definition) is 1. The van der Waals surface area contributed by atoms with Crippen molar-refractivity contribution in [3.05, 3.63) is 47.8 Å². The lowest BCUT2D eigenvalue weighted by Gasteiger charge is -2.20. The van der Waals surface area contributed by atoms with E-state index in [1.165, 1.54) is 22.1 Å². The monoisotopic (exact) mass is 338 g/mol. The van der Waals surface area contributed by atoms with Gasteiger partial charge in [0.15, 0.2) is 5.13 Å². The van der Waals surface area contributed by atoms with Crippen LogP contribution in [0.3, 0.4) is 0 Å². The van der Waals surface area contributed by atoms with Crippen LogP contribution in [0.25, 0.3) is 22.0 Å². The third-order valence-electron chi connectivity index (χ3n) is 4.37. The Morgan fingerprint density at radius 1 is 1.12 bits per heavy atom. The molecule has 2 aromatic carbocycles. The van der Waals surface area contributed by atoms with E-state index < -0.39 is 0 Å². The molecule has 1 fully saturated rings. The summed E-state index contributed by atoms with van der Waals surface area (Å²) in [5, 5.41) is 8.01. The Kier molecular flexibility index (Phi) is 4.28. The van der Waals surface area contributed by atoms with Crippen LogP contribution in [0.5, 0.6) is 0 Å². The van der Waals surface area contributed by atoms with Crippen LogP contribution in [0.1, 0.15) is 12.8 Å². The minimum atomic E-state index is 0.0340. The lowest BCUT2D eigenvalue weighted by atomic mass is 10.00. The molecule has 0 spiro atoms. The molecule has 0 saturated carbocycles. The summed E-state index contributed by atoms with van der Waals surface area (Å²) in [6.45, 7) is 1.33. The van der Waals surface area contributed by atoms with Crippen molar-refractivity contribution in [1.82, 2.24) is 4.98 Å². The molecule has 4 rings (SSSR count). The Morgan fingerprint density at radius 2 is 1.92 bits per heavy atom. The molecule has 0 unspecified atom stereocenters. The highest BCUT2D eigenvalue weighted by atomic mass is 32.1. The first-order valence-electron chi connectivity index (χ1n) is 8.13. The molecule has 0 radical (unpaired) electrons. The summed E-state index contributed by atoms with van der Waals surface area (Å²) < 4.78 is 5.30. The minimum absolute atomic E-state index is 0.0340. The summed E-state index contributed by atoms with van der Waals surface area (Å²) in [6, 6.07) is 14.6. The van der Waals surface area contributed by atoms with Crippen molar-refractivity contribution in [3.63, 3.8) is 0 Å². The highest BCUT2D eigenvalue weighted by Crippen LogP contribution is 2.28. The first-order chi connectivity index (χ1) is 11.8. The molecule has 2 heterocycles. The summed E-state index contributed by atoms with van der Waals surface area (Å²) in [5.41, 5.74) is 1.96. The highest BCUT2D eigenvalue weighted by molar-refractivity contribution is 7.14. The summed E-state index contributed by atoms with van der Waals surface area (Å²) >= 11 is 1.47. The van der Waals surface area contributed by atoms with Gasteiger partial charge in [-0.1, -0.05) is 36.4 Å². The van der Waals surface area contributed by atoms with Crippen LogP contribution in [-0.4, -0.2) is 24.1 Å². The Hall–Kier alpha value is -2.24. The van der Waals surface area contributed by atoms with Gasteiger partial charge in [0.2, 0.25) is 5.91 Å². The molecule has 1 saturated heterocycles. The number of ether oxygens (including phenoxy) is 1. The van der Waals surface area contributed by atoms with Crippen LogP contribution >= 0.6 is 11.3 Å². The van der Waals surface area contributed by atoms with Crippen molar-refractivity contribution in [2.24, 2.45) is 5.92 Å². The van der Waals surface area contributed by atoms with Crippen molar-refractivity contribution in [1.29, 1.82) is 0 Å². The van der Waals surface area contributed by atoms with Gasteiger partial charge in [0, 0.05) is 30.1 Å². The number of anilines is 1. The predicted molar refractivity (Wildman–Crippen MR) is 97.2 cm³/mol. The third kappa shape index (κ3) is 3.18. The van der Waals surface area contributed by atoms with E-state index in [0.717, 1.165) is 24.1 Å². The van der Waals surface area contributed by atoms with Gasteiger partial charge < -0.3 is 10.1 Å². The zero-order chi connectivity index (χ0) is 16.4. The lowest BCUT2D eigenvalue weighted by Crippen LogP contribution is -2.28. The Bertz CT molecular complexity index is 868. The van der Waals surface area contributed by atoms with E-state index in [9.17, 15) is 4.79 Å². The second kappa shape index (κ2) is 6.71. The molecular formula is C19H18N2O2S. The van der Waals surface area contributed by atoms with E-state index in [4.69, 9.17) is 4.74 Å². The van der Waals surface area contributed by atoms with E-state index in [-0.39, 0.29) is 11.8 Å². The van der Waals surface area contributed by atoms with Crippen molar-refractivity contribution in [3.8, 4) is 11.3 Å². The van der Waals surface area contributed by atoms with Gasteiger partial charge in [0.25, 0.3) is 0 Å². The molecule has 3 aromatic rings. The van der Waals surface area contributed by atoms with E-state index in [1.54, 1.807) is 0 Å². The third-order valence-corrected chi connectivity index (χ3v) is 5.13. The van der Waals surface area contributed by atoms with E-state index in [0.29, 0.717) is 18.3 Å². The van der Waals surface area contributed by atoms with Gasteiger partial charge in [0.05, 0.1) is 5.69 Å². The highest BCUT2D eigenvalue weighted by Gasteiger charge is 2.22. The molecule has 1 aliphatic heterocycles. The second-order valence-corrected chi connectivity index (χ2v) is 6.83. The van der Waals surface area contributed by atoms with Crippen LogP contribution in [0, 0.1) is 5.92 Å². The summed E-state index contributed by atoms with van der Waals surface area (Å²) in [6.07, 6.45) is 1.57. The number of thiazole rings is 1. The maximum atomic E-state index is 12.3. The second-order valence-electron chi connectivity index (χ2n) is 5.98. The van der Waals surface area contributed by atoms with Gasteiger partial charge in [-0.3, -0.25) is 4.79 Å². The Balaban J connectivity index is 1.52. The van der Waals surface area contributed by atoms with Gasteiger partial charge in [0.1, 0.15) is 0 Å². The van der Waals surface area contributed by atoms with Crippen molar-refractivity contribution >= 4 is 33.1 Å². The Labute approximate surface area is 144 Å². The van der Waals surface area contributed by atoms with Crippen LogP contribution < -0.4 is 5.32 Å². The van der Waals surface area contributed by atoms with Crippen LogP contribution in [0.15, 0.2) is 47.8 Å². The number of amides is 1. The fraction of sp³-hybridized carbons (Fsp3) is 0.263. The topological polar surface area (TPSA) is 51.2 Å². The molecule has 1 N–H and O–H groups in total. The van der Waals surface area contributed by atoms with Crippen molar-refractivity contribution in [2.45, 2.75) is 12.8 Å². The summed E-state index contributed by atoms with van der Waals surface area (Å²) in [7, 11) is 0. The normalized spacial score (nSPS) is 15.5. The standard InChI is InChI=1S/C19H18N2O2S/c22-18(14-7-9-23-10-8-14)21-19-20-17(12-24-19)16-6-5-13-3-1-2-4-15(13)11-16/h1-6,11-12,14H,7-10H2,(H,20,21,22). The minimum Gasteiger partial charge on any atom is -0.381 e. The molecule has 5 heteroatoms. The molecule has 0 atom stereocenters. The largest absolute Gasteiger partial charge is 0.381 e. The number of nitrogens with one attached hydrogen (secondary N) is 1. The van der Waals surface area contributed by atoms with Gasteiger partial charge in [-0.15, -0.1) is 11.3 Å². The molecule has 0 aliphatic carbocycles. The van der Waals surface area contributed by atoms with E-state index >= 15 is 0 Å². The number of carbonyl (C=O) groups excluding carboxylic acids is 1. The summed E-state index contributed by atoms with van der Waals surface area (Å²) in [4.78, 5) is 16.9. The van der Waals surface area contributed by atoms with E-state index in [2.05, 4.69) is 40.6 Å². The molecule has 1 amide bonds. The van der Waals surface area contributed by atoms with Gasteiger partial charge in [-0.2, -0.15) is 0 Å². The molecule has 1 aliphatic rings. The first kappa shape index (κ1) is 15.3. The average molecular weight is 338 g/mol. The SMILES string of the molecule is O=C(Nc1nc(-c2ccc3ccccc3c2)cs1)C1CCOCC1. The number of hydrogen-bond acceptors (Lipinski definition) is 4. The average Bonchev–Trinajstić information content (AvgIpc) is 3.10. The number of nitrogens with zero attached hydrogens (tertiary/aromatic N) is 1. The lowest BCUT2D eigenvalue weighted by molar-refractivity contribution is -0.122. The maximum Gasteiger partial charge on any atom is 0.229 e. The number of benzene rings is 2. The fourth-order valence-corrected chi connectivity index (χ4v) is 3.70. The maximum absolute atomic E-state index is 12.3. The number of aromatic nitrogens is 1. The van der Waals surface area contributed by atoms with Gasteiger partial charge in [-0.05, 0) is 29.7 Å². The molecule has 0 bridgehead atoms. The van der Waals surface area contributed by atoms with Gasteiger partial charge in [-0.25, -0.2) is 4.98 Å². The number of rotatable bonds is 3. The quantitative estimate of drug-likeness (QED) is 0.773. The fourth-order valence-electron chi connectivity index (χ4n) is 2.98. The Morgan fingerprint density at radius 3 is 2.75 bits per heavy atom. The zero-order valence-electron chi connectivity index (χ0n) is 13.2. The van der Waals surface area contributed by atoms with E-state index in [1.807, 2.05) is 17.5 Å². The smallest absolute Gasteiger partial charge is 0.229 e. The molecule has 122 valence electrons. The van der Waals surface area contributed by atoms with Crippen LogP contribution in [-0.2, 0) is 9.53 Å². The van der Waals surface area contributed by atoms with Crippen LogP contribution in [0.2, 0.25) is 0 Å². The van der Waals surface area contributed by atoms with Crippen LogP contribution in [0.4, 0.5) is 5.13 Å². The number of carbonyl (C=O) groups is 1. The van der Waals surface area contributed by atoms with Crippen molar-refractivity contribution < 1.29 is 9.53 Å². The molecule has 1 aromatic heterocycles. The van der Waals surface area contributed by atoms with Gasteiger partial charge >= 0.3 is 0 Å². The summed E-state index contributed by atoms with van der Waals surface area (Å²) in [5.74, 6) is 0.0875. The molecular weight excluding hydrogens is 320 g/mol. The zero-order valence-corrected chi connectivity index (χ0v) is 14.0. The molecule has 4 nitrogen and oxygen atoms in total. The number of fused-ring (bicyclic) bond motifs is 1. The van der Waals surface area contributed by atoms with Crippen molar-refractivity contribution in [2.75, 3.05) is 18.5 Å².